The zero-order chi connectivity index (χ0) is 22.3. The van der Waals surface area contributed by atoms with E-state index in [4.69, 9.17) is 5.73 Å². The largest absolute Gasteiger partial charge is 0.364 e. The van der Waals surface area contributed by atoms with Crippen LogP contribution in [0.2, 0.25) is 0 Å². The molecule has 10 nitrogen and oxygen atoms in total. The third kappa shape index (κ3) is 3.78. The average molecular weight is 418 g/mol. The van der Waals surface area contributed by atoms with Crippen LogP contribution in [0, 0.1) is 18.3 Å². The van der Waals surface area contributed by atoms with Gasteiger partial charge in [-0.1, -0.05) is 27.2 Å². The fourth-order valence-electron chi connectivity index (χ4n) is 4.42. The molecule has 3 rings (SSSR count). The van der Waals surface area contributed by atoms with Gasteiger partial charge < -0.3 is 16.4 Å². The summed E-state index contributed by atoms with van der Waals surface area (Å²) in [4.78, 5) is 50.5. The Bertz CT molecular complexity index is 882. The standard InChI is InChI=1S/C20H30N6O4/c1-5-19(3,4)12-6-8-20(9-7-12)17(29)26(18(30)23-20)10-13(27)22-14-11(2)24-25-15(14)16(21)28/h12H,5-10H2,1-4H3,(H2,21,28)(H,22,27)(H,23,30)(H,24,25). The van der Waals surface area contributed by atoms with E-state index in [2.05, 4.69) is 41.6 Å². The first-order chi connectivity index (χ1) is 14.0. The molecule has 1 saturated heterocycles. The van der Waals surface area contributed by atoms with Crippen molar-refractivity contribution in [2.45, 2.75) is 65.3 Å². The molecule has 164 valence electrons. The number of imide groups is 1. The minimum Gasteiger partial charge on any atom is -0.364 e. The summed E-state index contributed by atoms with van der Waals surface area (Å²) >= 11 is 0. The summed E-state index contributed by atoms with van der Waals surface area (Å²) in [5, 5.41) is 11.7. The Labute approximate surface area is 175 Å². The molecule has 2 fully saturated rings. The normalized spacial score (nSPS) is 24.3. The van der Waals surface area contributed by atoms with Crippen LogP contribution in [0.3, 0.4) is 0 Å². The summed E-state index contributed by atoms with van der Waals surface area (Å²) in [6.45, 7) is 7.81. The summed E-state index contributed by atoms with van der Waals surface area (Å²) in [5.74, 6) is -1.28. The lowest BCUT2D eigenvalue weighted by Gasteiger charge is -2.42. The molecule has 5 amide bonds. The van der Waals surface area contributed by atoms with Crippen LogP contribution in [0.5, 0.6) is 0 Å². The molecule has 0 bridgehead atoms. The van der Waals surface area contributed by atoms with Gasteiger partial charge in [-0.2, -0.15) is 5.10 Å². The highest BCUT2D eigenvalue weighted by atomic mass is 16.2. The number of urea groups is 1. The average Bonchev–Trinajstić information content (AvgIpc) is 3.15. The number of H-pyrrole nitrogens is 1. The maximum absolute atomic E-state index is 13.1. The Hall–Kier alpha value is -2.91. The maximum atomic E-state index is 13.1. The monoisotopic (exact) mass is 418 g/mol. The Balaban J connectivity index is 1.67. The van der Waals surface area contributed by atoms with Gasteiger partial charge in [-0.15, -0.1) is 0 Å². The van der Waals surface area contributed by atoms with Crippen molar-refractivity contribution in [3.63, 3.8) is 0 Å². The third-order valence-corrected chi connectivity index (χ3v) is 6.85. The molecule has 0 unspecified atom stereocenters. The molecular weight excluding hydrogens is 388 g/mol. The molecule has 0 aromatic carbocycles. The van der Waals surface area contributed by atoms with E-state index in [0.717, 1.165) is 24.2 Å². The van der Waals surface area contributed by atoms with Gasteiger partial charge in [0.05, 0.1) is 11.4 Å². The lowest BCUT2D eigenvalue weighted by molar-refractivity contribution is -0.135. The van der Waals surface area contributed by atoms with Crippen LogP contribution in [-0.2, 0) is 9.59 Å². The number of hydrogen-bond donors (Lipinski definition) is 4. The number of primary amides is 1. The number of nitrogens with one attached hydrogen (secondary N) is 3. The van der Waals surface area contributed by atoms with Crippen LogP contribution in [0.1, 0.15) is 69.1 Å². The van der Waals surface area contributed by atoms with E-state index in [1.54, 1.807) is 6.92 Å². The van der Waals surface area contributed by atoms with Crippen molar-refractivity contribution in [2.24, 2.45) is 17.1 Å². The summed E-state index contributed by atoms with van der Waals surface area (Å²) in [5.41, 5.74) is 5.01. The quantitative estimate of drug-likeness (QED) is 0.518. The number of hydrogen-bond acceptors (Lipinski definition) is 5. The van der Waals surface area contributed by atoms with Gasteiger partial charge in [0.1, 0.15) is 12.1 Å². The molecule has 10 heteroatoms. The second-order valence-corrected chi connectivity index (χ2v) is 9.00. The van der Waals surface area contributed by atoms with Gasteiger partial charge in [-0.3, -0.25) is 24.4 Å². The first kappa shape index (κ1) is 21.8. The number of aromatic amines is 1. The van der Waals surface area contributed by atoms with Crippen molar-refractivity contribution in [3.8, 4) is 0 Å². The highest BCUT2D eigenvalue weighted by molar-refractivity contribution is 6.11. The fourth-order valence-corrected chi connectivity index (χ4v) is 4.42. The molecule has 5 N–H and O–H groups in total. The highest BCUT2D eigenvalue weighted by Crippen LogP contribution is 2.45. The number of aromatic nitrogens is 2. The Morgan fingerprint density at radius 1 is 1.30 bits per heavy atom. The summed E-state index contributed by atoms with van der Waals surface area (Å²) < 4.78 is 0. The zero-order valence-electron chi connectivity index (χ0n) is 17.9. The predicted octanol–water partition coefficient (Wildman–Crippen LogP) is 1.67. The van der Waals surface area contributed by atoms with Crippen molar-refractivity contribution in [2.75, 3.05) is 11.9 Å². The lowest BCUT2D eigenvalue weighted by atomic mass is 9.65. The minimum atomic E-state index is -0.929. The van der Waals surface area contributed by atoms with E-state index >= 15 is 0 Å². The van der Waals surface area contributed by atoms with Crippen LogP contribution in [-0.4, -0.2) is 50.9 Å². The molecule has 1 saturated carbocycles. The van der Waals surface area contributed by atoms with E-state index in [1.807, 2.05) is 0 Å². The Morgan fingerprint density at radius 2 is 1.93 bits per heavy atom. The van der Waals surface area contributed by atoms with Crippen molar-refractivity contribution in [1.82, 2.24) is 20.4 Å². The van der Waals surface area contributed by atoms with Gasteiger partial charge in [0, 0.05) is 0 Å². The first-order valence-electron chi connectivity index (χ1n) is 10.3. The van der Waals surface area contributed by atoms with Crippen molar-refractivity contribution < 1.29 is 19.2 Å². The van der Waals surface area contributed by atoms with Gasteiger partial charge in [0.2, 0.25) is 5.91 Å². The molecule has 0 atom stereocenters. The van der Waals surface area contributed by atoms with Crippen LogP contribution in [0.25, 0.3) is 0 Å². The van der Waals surface area contributed by atoms with Gasteiger partial charge in [0.25, 0.3) is 11.8 Å². The van der Waals surface area contributed by atoms with Gasteiger partial charge in [-0.25, -0.2) is 4.79 Å². The number of amides is 5. The summed E-state index contributed by atoms with van der Waals surface area (Å²) in [7, 11) is 0. The van der Waals surface area contributed by atoms with E-state index in [1.165, 1.54) is 0 Å². The fraction of sp³-hybridized carbons (Fsp3) is 0.650. The molecular formula is C20H30N6O4. The predicted molar refractivity (Wildman–Crippen MR) is 109 cm³/mol. The molecule has 1 aromatic rings. The molecule has 1 aliphatic heterocycles. The van der Waals surface area contributed by atoms with Gasteiger partial charge >= 0.3 is 6.03 Å². The second kappa shape index (κ2) is 7.73. The number of aryl methyl sites for hydroxylation is 1. The van der Waals surface area contributed by atoms with E-state index < -0.39 is 29.9 Å². The Morgan fingerprint density at radius 3 is 2.50 bits per heavy atom. The number of nitrogens with two attached hydrogens (primary N) is 1. The zero-order valence-corrected chi connectivity index (χ0v) is 17.9. The number of carbonyl (C=O) groups excluding carboxylic acids is 4. The summed E-state index contributed by atoms with van der Waals surface area (Å²) in [6.07, 6.45) is 3.89. The van der Waals surface area contributed by atoms with E-state index in [-0.39, 0.29) is 22.7 Å². The molecule has 0 radical (unpaired) electrons. The summed E-state index contributed by atoms with van der Waals surface area (Å²) in [6, 6.07) is -0.567. The highest BCUT2D eigenvalue weighted by Gasteiger charge is 2.53. The lowest BCUT2D eigenvalue weighted by Crippen LogP contribution is -2.51. The molecule has 1 spiro atoms. The van der Waals surface area contributed by atoms with Crippen LogP contribution in [0.4, 0.5) is 10.5 Å². The van der Waals surface area contributed by atoms with Crippen molar-refractivity contribution >= 4 is 29.4 Å². The molecule has 2 aliphatic rings. The van der Waals surface area contributed by atoms with Gasteiger partial charge in [-0.05, 0) is 43.9 Å². The minimum absolute atomic E-state index is 0.105. The second-order valence-electron chi connectivity index (χ2n) is 9.00. The number of rotatable bonds is 6. The number of nitrogens with zero attached hydrogens (tertiary/aromatic N) is 2. The van der Waals surface area contributed by atoms with Crippen LogP contribution >= 0.6 is 0 Å². The number of carbonyl (C=O) groups is 4. The van der Waals surface area contributed by atoms with Crippen molar-refractivity contribution in [3.05, 3.63) is 11.4 Å². The first-order valence-corrected chi connectivity index (χ1v) is 10.3. The SMILES string of the molecule is CCC(C)(C)C1CCC2(CC1)NC(=O)N(CC(=O)Nc1c(C(N)=O)n[nH]c1C)C2=O. The molecule has 1 aliphatic carbocycles. The Kier molecular flexibility index (Phi) is 5.62. The molecule has 2 heterocycles. The third-order valence-electron chi connectivity index (χ3n) is 6.85. The molecule has 1 aromatic heterocycles. The van der Waals surface area contributed by atoms with Crippen LogP contribution < -0.4 is 16.4 Å². The maximum Gasteiger partial charge on any atom is 0.325 e. The smallest absolute Gasteiger partial charge is 0.325 e. The van der Waals surface area contributed by atoms with Gasteiger partial charge in [0.15, 0.2) is 5.69 Å². The van der Waals surface area contributed by atoms with Crippen LogP contribution in [0.15, 0.2) is 0 Å². The number of anilines is 1. The van der Waals surface area contributed by atoms with E-state index in [0.29, 0.717) is 24.5 Å². The van der Waals surface area contributed by atoms with E-state index in [9.17, 15) is 19.2 Å². The van der Waals surface area contributed by atoms with Crippen molar-refractivity contribution in [1.29, 1.82) is 0 Å². The molecule has 30 heavy (non-hydrogen) atoms. The topological polar surface area (TPSA) is 150 Å².